The fourth-order valence-corrected chi connectivity index (χ4v) is 4.28. The average molecular weight is 472 g/mol. The summed E-state index contributed by atoms with van der Waals surface area (Å²) in [5.41, 5.74) is 2.61. The molecule has 0 fully saturated rings. The molecular formula is C12H9Br2IS. The van der Waals surface area contributed by atoms with Crippen molar-refractivity contribution in [2.24, 2.45) is 0 Å². The fraction of sp³-hybridized carbons (Fsp3) is 0.167. The molecule has 2 rings (SSSR count). The van der Waals surface area contributed by atoms with Gasteiger partial charge in [0.2, 0.25) is 0 Å². The first kappa shape index (κ1) is 13.1. The van der Waals surface area contributed by atoms with E-state index in [9.17, 15) is 0 Å². The van der Waals surface area contributed by atoms with Gasteiger partial charge in [-0.1, -0.05) is 28.1 Å². The van der Waals surface area contributed by atoms with Crippen molar-refractivity contribution in [3.05, 3.63) is 53.7 Å². The van der Waals surface area contributed by atoms with Crippen LogP contribution in [0.2, 0.25) is 0 Å². The molecule has 0 aliphatic carbocycles. The number of aryl methyl sites for hydroxylation is 1. The quantitative estimate of drug-likeness (QED) is 0.377. The number of halogens is 3. The van der Waals surface area contributed by atoms with E-state index in [-0.39, 0.29) is 4.83 Å². The Bertz CT molecular complexity index is 488. The number of alkyl halides is 1. The largest absolute Gasteiger partial charge is 0.131 e. The molecule has 0 aliphatic rings. The highest BCUT2D eigenvalue weighted by molar-refractivity contribution is 14.1. The molecule has 0 bridgehead atoms. The van der Waals surface area contributed by atoms with E-state index < -0.39 is 0 Å². The molecule has 1 heterocycles. The van der Waals surface area contributed by atoms with Crippen molar-refractivity contribution in [1.29, 1.82) is 0 Å². The van der Waals surface area contributed by atoms with Crippen LogP contribution in [0.4, 0.5) is 0 Å². The third-order valence-electron chi connectivity index (χ3n) is 2.27. The highest BCUT2D eigenvalue weighted by Gasteiger charge is 2.14. The molecule has 0 spiro atoms. The molecule has 4 heteroatoms. The summed E-state index contributed by atoms with van der Waals surface area (Å²) in [6.07, 6.45) is 0. The van der Waals surface area contributed by atoms with Gasteiger partial charge in [-0.05, 0) is 74.8 Å². The van der Waals surface area contributed by atoms with Gasteiger partial charge in [-0.3, -0.25) is 0 Å². The van der Waals surface area contributed by atoms with E-state index in [1.807, 2.05) is 0 Å². The van der Waals surface area contributed by atoms with Gasteiger partial charge in [0.1, 0.15) is 0 Å². The number of rotatable bonds is 2. The van der Waals surface area contributed by atoms with Crippen molar-refractivity contribution in [2.45, 2.75) is 11.8 Å². The summed E-state index contributed by atoms with van der Waals surface area (Å²) in [6.45, 7) is 2.12. The van der Waals surface area contributed by atoms with E-state index in [2.05, 4.69) is 91.7 Å². The lowest BCUT2D eigenvalue weighted by molar-refractivity contribution is 1.21. The summed E-state index contributed by atoms with van der Waals surface area (Å²) in [7, 11) is 0. The van der Waals surface area contributed by atoms with Gasteiger partial charge < -0.3 is 0 Å². The molecule has 0 saturated heterocycles. The van der Waals surface area contributed by atoms with Crippen molar-refractivity contribution in [3.63, 3.8) is 0 Å². The molecule has 16 heavy (non-hydrogen) atoms. The fourth-order valence-electron chi connectivity index (χ4n) is 1.44. The van der Waals surface area contributed by atoms with Gasteiger partial charge in [0.25, 0.3) is 0 Å². The normalized spacial score (nSPS) is 12.8. The maximum atomic E-state index is 3.76. The van der Waals surface area contributed by atoms with Crippen molar-refractivity contribution >= 4 is 65.8 Å². The van der Waals surface area contributed by atoms with E-state index in [0.29, 0.717) is 0 Å². The average Bonchev–Trinajstić information content (AvgIpc) is 2.58. The van der Waals surface area contributed by atoms with Crippen LogP contribution >= 0.6 is 65.8 Å². The van der Waals surface area contributed by atoms with Crippen LogP contribution in [0.25, 0.3) is 0 Å². The summed E-state index contributed by atoms with van der Waals surface area (Å²) >= 11 is 11.5. The van der Waals surface area contributed by atoms with Crippen LogP contribution in [0, 0.1) is 10.5 Å². The molecule has 1 aromatic carbocycles. The van der Waals surface area contributed by atoms with Crippen molar-refractivity contribution in [1.82, 2.24) is 0 Å². The monoisotopic (exact) mass is 470 g/mol. The van der Waals surface area contributed by atoms with Crippen molar-refractivity contribution < 1.29 is 0 Å². The zero-order valence-corrected chi connectivity index (χ0v) is 14.7. The summed E-state index contributed by atoms with van der Waals surface area (Å²) in [5.74, 6) is 0. The number of hydrogen-bond donors (Lipinski definition) is 0. The molecule has 2 aromatic rings. The molecule has 0 nitrogen and oxygen atoms in total. The number of benzene rings is 1. The topological polar surface area (TPSA) is 0 Å². The second-order valence-corrected chi connectivity index (χ2v) is 8.09. The predicted octanol–water partition coefficient (Wildman–Crippen LogP) is 5.91. The minimum absolute atomic E-state index is 0.289. The summed E-state index contributed by atoms with van der Waals surface area (Å²) in [5, 5.41) is 0. The Hall–Kier alpha value is 0.610. The minimum Gasteiger partial charge on any atom is -0.131 e. The van der Waals surface area contributed by atoms with Gasteiger partial charge in [0.15, 0.2) is 0 Å². The Morgan fingerprint density at radius 1 is 1.31 bits per heavy atom. The molecule has 1 aromatic heterocycles. The van der Waals surface area contributed by atoms with Gasteiger partial charge in [-0.25, -0.2) is 0 Å². The van der Waals surface area contributed by atoms with E-state index in [1.54, 1.807) is 11.3 Å². The SMILES string of the molecule is Cc1cc(C(Br)c2cccc(I)c2)sc1Br. The van der Waals surface area contributed by atoms with Crippen LogP contribution in [-0.2, 0) is 0 Å². The van der Waals surface area contributed by atoms with Crippen LogP contribution in [0.3, 0.4) is 0 Å². The lowest BCUT2D eigenvalue weighted by atomic mass is 10.1. The maximum Gasteiger partial charge on any atom is 0.0738 e. The highest BCUT2D eigenvalue weighted by atomic mass is 127. The van der Waals surface area contributed by atoms with E-state index in [1.165, 1.54) is 23.4 Å². The first-order valence-electron chi connectivity index (χ1n) is 4.73. The predicted molar refractivity (Wildman–Crippen MR) is 86.7 cm³/mol. The first-order chi connectivity index (χ1) is 7.58. The Kier molecular flexibility index (Phi) is 4.49. The van der Waals surface area contributed by atoms with Gasteiger partial charge in [0, 0.05) is 8.45 Å². The van der Waals surface area contributed by atoms with E-state index >= 15 is 0 Å². The number of thiophene rings is 1. The lowest BCUT2D eigenvalue weighted by Gasteiger charge is -2.08. The molecule has 84 valence electrons. The third kappa shape index (κ3) is 2.89. The van der Waals surface area contributed by atoms with E-state index in [0.717, 1.165) is 0 Å². The summed E-state index contributed by atoms with van der Waals surface area (Å²) in [6, 6.07) is 10.8. The summed E-state index contributed by atoms with van der Waals surface area (Å²) < 4.78 is 2.49. The second kappa shape index (κ2) is 5.50. The van der Waals surface area contributed by atoms with Crippen molar-refractivity contribution in [2.75, 3.05) is 0 Å². The second-order valence-electron chi connectivity index (χ2n) is 3.52. The van der Waals surface area contributed by atoms with Crippen LogP contribution < -0.4 is 0 Å². The van der Waals surface area contributed by atoms with Crippen LogP contribution in [0.1, 0.15) is 20.8 Å². The number of hydrogen-bond acceptors (Lipinski definition) is 1. The highest BCUT2D eigenvalue weighted by Crippen LogP contribution is 2.39. The van der Waals surface area contributed by atoms with Crippen molar-refractivity contribution in [3.8, 4) is 0 Å². The van der Waals surface area contributed by atoms with Gasteiger partial charge >= 0.3 is 0 Å². The molecule has 0 N–H and O–H groups in total. The first-order valence-corrected chi connectivity index (χ1v) is 8.33. The molecule has 0 aliphatic heterocycles. The standard InChI is InChI=1S/C12H9Br2IS/c1-7-5-10(16-12(7)14)11(13)8-3-2-4-9(15)6-8/h2-6,11H,1H3. The Morgan fingerprint density at radius 3 is 2.62 bits per heavy atom. The maximum absolute atomic E-state index is 3.76. The molecule has 0 radical (unpaired) electrons. The third-order valence-corrected chi connectivity index (χ3v) is 6.46. The van der Waals surface area contributed by atoms with Gasteiger partial charge in [0.05, 0.1) is 8.61 Å². The Labute approximate surface area is 130 Å². The lowest BCUT2D eigenvalue weighted by Crippen LogP contribution is -1.89. The zero-order chi connectivity index (χ0) is 11.7. The molecule has 0 saturated carbocycles. The minimum atomic E-state index is 0.289. The Balaban J connectivity index is 2.35. The van der Waals surface area contributed by atoms with Crippen LogP contribution in [0.5, 0.6) is 0 Å². The molecular weight excluding hydrogens is 463 g/mol. The summed E-state index contributed by atoms with van der Waals surface area (Å²) in [4.78, 5) is 1.63. The van der Waals surface area contributed by atoms with Gasteiger partial charge in [-0.2, -0.15) is 0 Å². The van der Waals surface area contributed by atoms with Crippen LogP contribution in [0.15, 0.2) is 34.1 Å². The smallest absolute Gasteiger partial charge is 0.0738 e. The Morgan fingerprint density at radius 2 is 2.06 bits per heavy atom. The van der Waals surface area contributed by atoms with Crippen LogP contribution in [-0.4, -0.2) is 0 Å². The molecule has 1 unspecified atom stereocenters. The molecule has 1 atom stereocenters. The zero-order valence-electron chi connectivity index (χ0n) is 8.51. The van der Waals surface area contributed by atoms with E-state index in [4.69, 9.17) is 0 Å². The van der Waals surface area contributed by atoms with Gasteiger partial charge in [-0.15, -0.1) is 11.3 Å². The molecule has 0 amide bonds.